The van der Waals surface area contributed by atoms with Crippen LogP contribution < -0.4 is 16.0 Å². The molecule has 0 aliphatic carbocycles. The minimum Gasteiger partial charge on any atom is -0.355 e. The number of hydrogen-bond donors (Lipinski definition) is 3. The number of amides is 2. The molecule has 0 spiro atoms. The highest BCUT2D eigenvalue weighted by atomic mass is 16.2. The molecule has 140 valence electrons. The van der Waals surface area contributed by atoms with Crippen LogP contribution in [0.5, 0.6) is 0 Å². The number of likely N-dealkylation sites (tertiary alicyclic amines) is 1. The first kappa shape index (κ1) is 20.9. The van der Waals surface area contributed by atoms with Gasteiger partial charge in [-0.2, -0.15) is 0 Å². The van der Waals surface area contributed by atoms with Crippen LogP contribution in [0.2, 0.25) is 0 Å². The van der Waals surface area contributed by atoms with Gasteiger partial charge in [0, 0.05) is 31.7 Å². The molecule has 2 atom stereocenters. The zero-order valence-corrected chi connectivity index (χ0v) is 16.0. The lowest BCUT2D eigenvalue weighted by Crippen LogP contribution is -2.52. The van der Waals surface area contributed by atoms with E-state index in [0.717, 1.165) is 38.9 Å². The van der Waals surface area contributed by atoms with E-state index in [-0.39, 0.29) is 23.9 Å². The maximum absolute atomic E-state index is 12.3. The van der Waals surface area contributed by atoms with E-state index in [2.05, 4.69) is 41.6 Å². The summed E-state index contributed by atoms with van der Waals surface area (Å²) < 4.78 is 0. The van der Waals surface area contributed by atoms with Crippen LogP contribution in [-0.4, -0.2) is 61.0 Å². The minimum atomic E-state index is -0.180. The standard InChI is InChI=1S/C18H36N4O2/c1-6-9-19-17(23)12-22-10-7-16(8-11-22)21-18(24)15(5)20-14(4)13(2)3/h13-16,20H,6-12H2,1-5H3,(H,19,23)(H,21,24). The summed E-state index contributed by atoms with van der Waals surface area (Å²) in [4.78, 5) is 26.2. The summed E-state index contributed by atoms with van der Waals surface area (Å²) >= 11 is 0. The number of rotatable bonds is 9. The average molecular weight is 341 g/mol. The van der Waals surface area contributed by atoms with E-state index in [9.17, 15) is 9.59 Å². The Morgan fingerprint density at radius 1 is 1.12 bits per heavy atom. The third-order valence-corrected chi connectivity index (χ3v) is 4.78. The summed E-state index contributed by atoms with van der Waals surface area (Å²) in [6.07, 6.45) is 2.76. The Kier molecular flexibility index (Phi) is 9.29. The van der Waals surface area contributed by atoms with Crippen molar-refractivity contribution in [3.8, 4) is 0 Å². The second kappa shape index (κ2) is 10.7. The van der Waals surface area contributed by atoms with Crippen LogP contribution in [0.15, 0.2) is 0 Å². The third-order valence-electron chi connectivity index (χ3n) is 4.78. The first-order chi connectivity index (χ1) is 11.3. The first-order valence-corrected chi connectivity index (χ1v) is 9.39. The van der Waals surface area contributed by atoms with Crippen molar-refractivity contribution in [3.63, 3.8) is 0 Å². The summed E-state index contributed by atoms with van der Waals surface area (Å²) in [7, 11) is 0. The van der Waals surface area contributed by atoms with E-state index in [4.69, 9.17) is 0 Å². The lowest BCUT2D eigenvalue weighted by molar-refractivity contribution is -0.125. The molecular formula is C18H36N4O2. The van der Waals surface area contributed by atoms with Gasteiger partial charge in [-0.1, -0.05) is 20.8 Å². The molecule has 1 heterocycles. The van der Waals surface area contributed by atoms with Crippen molar-refractivity contribution in [2.45, 2.75) is 72.0 Å². The van der Waals surface area contributed by atoms with E-state index in [1.807, 2.05) is 13.8 Å². The predicted molar refractivity (Wildman–Crippen MR) is 97.8 cm³/mol. The van der Waals surface area contributed by atoms with Crippen molar-refractivity contribution in [2.24, 2.45) is 5.92 Å². The van der Waals surface area contributed by atoms with E-state index < -0.39 is 0 Å². The zero-order valence-electron chi connectivity index (χ0n) is 16.0. The van der Waals surface area contributed by atoms with Crippen LogP contribution in [0, 0.1) is 5.92 Å². The van der Waals surface area contributed by atoms with E-state index in [1.54, 1.807) is 0 Å². The van der Waals surface area contributed by atoms with Gasteiger partial charge in [-0.3, -0.25) is 14.5 Å². The lowest BCUT2D eigenvalue weighted by Gasteiger charge is -2.32. The van der Waals surface area contributed by atoms with Crippen LogP contribution in [0.25, 0.3) is 0 Å². The Morgan fingerprint density at radius 3 is 2.29 bits per heavy atom. The molecule has 2 unspecified atom stereocenters. The van der Waals surface area contributed by atoms with Gasteiger partial charge in [-0.05, 0) is 39.0 Å². The van der Waals surface area contributed by atoms with Crippen molar-refractivity contribution >= 4 is 11.8 Å². The van der Waals surface area contributed by atoms with Gasteiger partial charge in [-0.15, -0.1) is 0 Å². The minimum absolute atomic E-state index is 0.0710. The normalized spacial score (nSPS) is 19.1. The van der Waals surface area contributed by atoms with E-state index in [0.29, 0.717) is 18.5 Å². The van der Waals surface area contributed by atoms with Crippen LogP contribution in [0.1, 0.15) is 53.9 Å². The van der Waals surface area contributed by atoms with Gasteiger partial charge in [0.1, 0.15) is 0 Å². The fraction of sp³-hybridized carbons (Fsp3) is 0.889. The summed E-state index contributed by atoms with van der Waals surface area (Å²) in [6, 6.07) is 0.348. The number of carbonyl (C=O) groups is 2. The molecule has 2 amide bonds. The number of piperidine rings is 1. The summed E-state index contributed by atoms with van der Waals surface area (Å²) in [6.45, 7) is 13.3. The number of nitrogens with one attached hydrogen (secondary N) is 3. The van der Waals surface area contributed by atoms with Crippen LogP contribution in [-0.2, 0) is 9.59 Å². The molecule has 24 heavy (non-hydrogen) atoms. The van der Waals surface area contributed by atoms with Crippen molar-refractivity contribution in [1.82, 2.24) is 20.9 Å². The zero-order chi connectivity index (χ0) is 18.1. The molecule has 1 rings (SSSR count). The van der Waals surface area contributed by atoms with Crippen molar-refractivity contribution in [1.29, 1.82) is 0 Å². The molecule has 6 heteroatoms. The SMILES string of the molecule is CCCNC(=O)CN1CCC(NC(=O)C(C)NC(C)C(C)C)CC1. The molecule has 0 bridgehead atoms. The van der Waals surface area contributed by atoms with Crippen molar-refractivity contribution in [3.05, 3.63) is 0 Å². The molecule has 3 N–H and O–H groups in total. The van der Waals surface area contributed by atoms with Gasteiger partial charge in [0.05, 0.1) is 12.6 Å². The average Bonchev–Trinajstić information content (AvgIpc) is 2.54. The maximum atomic E-state index is 12.3. The van der Waals surface area contributed by atoms with Gasteiger partial charge in [-0.25, -0.2) is 0 Å². The van der Waals surface area contributed by atoms with Gasteiger partial charge < -0.3 is 16.0 Å². The smallest absolute Gasteiger partial charge is 0.237 e. The molecule has 0 saturated carbocycles. The number of nitrogens with zero attached hydrogens (tertiary/aromatic N) is 1. The molecule has 0 aromatic carbocycles. The highest BCUT2D eigenvalue weighted by Gasteiger charge is 2.24. The van der Waals surface area contributed by atoms with Crippen LogP contribution in [0.4, 0.5) is 0 Å². The maximum Gasteiger partial charge on any atom is 0.237 e. The highest BCUT2D eigenvalue weighted by Crippen LogP contribution is 2.10. The molecular weight excluding hydrogens is 304 g/mol. The monoisotopic (exact) mass is 340 g/mol. The molecule has 1 fully saturated rings. The summed E-state index contributed by atoms with van der Waals surface area (Å²) in [5, 5.41) is 9.40. The Balaban J connectivity index is 2.27. The van der Waals surface area contributed by atoms with Crippen LogP contribution in [0.3, 0.4) is 0 Å². The molecule has 6 nitrogen and oxygen atoms in total. The number of carbonyl (C=O) groups excluding carboxylic acids is 2. The predicted octanol–water partition coefficient (Wildman–Crippen LogP) is 1.12. The van der Waals surface area contributed by atoms with Crippen molar-refractivity contribution in [2.75, 3.05) is 26.2 Å². The number of hydrogen-bond acceptors (Lipinski definition) is 4. The molecule has 0 aromatic heterocycles. The Hall–Kier alpha value is -1.14. The first-order valence-electron chi connectivity index (χ1n) is 9.39. The van der Waals surface area contributed by atoms with Gasteiger partial charge >= 0.3 is 0 Å². The Labute approximate surface area is 147 Å². The van der Waals surface area contributed by atoms with E-state index >= 15 is 0 Å². The molecule has 1 saturated heterocycles. The summed E-state index contributed by atoms with van der Waals surface area (Å²) in [5.74, 6) is 0.670. The second-order valence-electron chi connectivity index (χ2n) is 7.33. The highest BCUT2D eigenvalue weighted by molar-refractivity contribution is 5.81. The fourth-order valence-electron chi connectivity index (χ4n) is 2.75. The third kappa shape index (κ3) is 7.62. The molecule has 0 radical (unpaired) electrons. The Bertz CT molecular complexity index is 392. The van der Waals surface area contributed by atoms with Crippen molar-refractivity contribution < 1.29 is 9.59 Å². The van der Waals surface area contributed by atoms with Gasteiger partial charge in [0.25, 0.3) is 0 Å². The largest absolute Gasteiger partial charge is 0.355 e. The molecule has 1 aliphatic heterocycles. The Morgan fingerprint density at radius 2 is 1.75 bits per heavy atom. The lowest BCUT2D eigenvalue weighted by atomic mass is 10.0. The molecule has 1 aliphatic rings. The van der Waals surface area contributed by atoms with Crippen LogP contribution >= 0.6 is 0 Å². The van der Waals surface area contributed by atoms with Gasteiger partial charge in [0.2, 0.25) is 11.8 Å². The van der Waals surface area contributed by atoms with E-state index in [1.165, 1.54) is 0 Å². The quantitative estimate of drug-likeness (QED) is 0.588. The van der Waals surface area contributed by atoms with Gasteiger partial charge in [0.15, 0.2) is 0 Å². The molecule has 0 aromatic rings. The summed E-state index contributed by atoms with van der Waals surface area (Å²) in [5.41, 5.74) is 0. The topological polar surface area (TPSA) is 73.5 Å². The fourth-order valence-corrected chi connectivity index (χ4v) is 2.75. The second-order valence-corrected chi connectivity index (χ2v) is 7.33.